The predicted molar refractivity (Wildman–Crippen MR) is 87.8 cm³/mol. The molecule has 1 aliphatic rings. The summed E-state index contributed by atoms with van der Waals surface area (Å²) in [7, 11) is 0. The average Bonchev–Trinajstić information content (AvgIpc) is 3.18. The van der Waals surface area contributed by atoms with Crippen LogP contribution in [-0.2, 0) is 12.7 Å². The Morgan fingerprint density at radius 2 is 2.15 bits per heavy atom. The number of carbonyl (C=O) groups excluding carboxylic acids is 1. The summed E-state index contributed by atoms with van der Waals surface area (Å²) >= 11 is 6.08. The Morgan fingerprint density at radius 1 is 1.38 bits per heavy atom. The second-order valence-corrected chi connectivity index (χ2v) is 6.60. The van der Waals surface area contributed by atoms with E-state index in [0.29, 0.717) is 21.7 Å². The number of rotatable bonds is 1. The number of para-hydroxylation sites is 1. The van der Waals surface area contributed by atoms with Gasteiger partial charge in [0.2, 0.25) is 5.82 Å². The van der Waals surface area contributed by atoms with Crippen LogP contribution in [0.25, 0.3) is 11.0 Å². The summed E-state index contributed by atoms with van der Waals surface area (Å²) in [5.74, 6) is -1.24. The number of nitrogens with one attached hydrogen (secondary N) is 1. The van der Waals surface area contributed by atoms with Crippen LogP contribution in [0.4, 0.5) is 13.2 Å². The van der Waals surface area contributed by atoms with Crippen molar-refractivity contribution in [3.63, 3.8) is 0 Å². The molecule has 0 radical (unpaired) electrons. The van der Waals surface area contributed by atoms with Crippen LogP contribution < -0.4 is 0 Å². The molecule has 1 N–H and O–H groups in total. The van der Waals surface area contributed by atoms with E-state index in [0.717, 1.165) is 10.8 Å². The molecule has 0 aliphatic carbocycles. The van der Waals surface area contributed by atoms with E-state index in [1.54, 1.807) is 25.1 Å². The standard InChI is InChI=1S/C16H13ClF3N5O/c1-8-6-24(7-9-5-21-15(25(8)9)16(18,19)20)14(26)13-22-11-4-2-3-10(17)12(11)23-13/h2-5,8H,6-7H2,1H3,(H,22,23). The summed E-state index contributed by atoms with van der Waals surface area (Å²) in [5, 5.41) is 0.439. The number of benzene rings is 1. The van der Waals surface area contributed by atoms with E-state index in [1.807, 2.05) is 0 Å². The third-order valence-corrected chi connectivity index (χ3v) is 4.68. The molecule has 2 aromatic heterocycles. The monoisotopic (exact) mass is 383 g/mol. The highest BCUT2D eigenvalue weighted by atomic mass is 35.5. The molecule has 1 unspecified atom stereocenters. The van der Waals surface area contributed by atoms with Gasteiger partial charge in [-0.3, -0.25) is 4.79 Å². The van der Waals surface area contributed by atoms with E-state index in [9.17, 15) is 18.0 Å². The number of fused-ring (bicyclic) bond motifs is 2. The fourth-order valence-corrected chi connectivity index (χ4v) is 3.49. The van der Waals surface area contributed by atoms with Gasteiger partial charge in [0.25, 0.3) is 5.91 Å². The molecular weight excluding hydrogens is 371 g/mol. The third-order valence-electron chi connectivity index (χ3n) is 4.36. The van der Waals surface area contributed by atoms with E-state index in [-0.39, 0.29) is 18.9 Å². The quantitative estimate of drug-likeness (QED) is 0.697. The highest BCUT2D eigenvalue weighted by Gasteiger charge is 2.40. The Balaban J connectivity index is 1.66. The maximum atomic E-state index is 13.1. The van der Waals surface area contributed by atoms with Crippen LogP contribution in [-0.4, -0.2) is 36.9 Å². The Kier molecular flexibility index (Phi) is 3.72. The van der Waals surface area contributed by atoms with Gasteiger partial charge in [-0.25, -0.2) is 9.97 Å². The molecule has 0 spiro atoms. The van der Waals surface area contributed by atoms with Gasteiger partial charge in [-0.05, 0) is 19.1 Å². The first-order valence-corrected chi connectivity index (χ1v) is 8.20. The number of hydrogen-bond acceptors (Lipinski definition) is 3. The first-order chi connectivity index (χ1) is 12.3. The van der Waals surface area contributed by atoms with Crippen molar-refractivity contribution in [1.82, 2.24) is 24.4 Å². The lowest BCUT2D eigenvalue weighted by atomic mass is 10.2. The Hall–Kier alpha value is -2.55. The van der Waals surface area contributed by atoms with Crippen molar-refractivity contribution < 1.29 is 18.0 Å². The number of nitrogens with zero attached hydrogens (tertiary/aromatic N) is 4. The molecule has 1 aromatic carbocycles. The molecular formula is C16H13ClF3N5O. The zero-order valence-corrected chi connectivity index (χ0v) is 14.3. The summed E-state index contributed by atoms with van der Waals surface area (Å²) in [5.41, 5.74) is 1.43. The van der Waals surface area contributed by atoms with Crippen LogP contribution in [0.15, 0.2) is 24.4 Å². The topological polar surface area (TPSA) is 66.8 Å². The van der Waals surface area contributed by atoms with E-state index in [2.05, 4.69) is 15.0 Å². The summed E-state index contributed by atoms with van der Waals surface area (Å²) in [4.78, 5) is 24.9. The van der Waals surface area contributed by atoms with Crippen molar-refractivity contribution in [3.05, 3.63) is 46.8 Å². The third kappa shape index (κ3) is 2.63. The average molecular weight is 384 g/mol. The van der Waals surface area contributed by atoms with Crippen LogP contribution in [0.3, 0.4) is 0 Å². The molecule has 3 aromatic rings. The second kappa shape index (κ2) is 5.73. The van der Waals surface area contributed by atoms with Gasteiger partial charge < -0.3 is 14.5 Å². The first-order valence-electron chi connectivity index (χ1n) is 7.82. The molecule has 0 saturated heterocycles. The van der Waals surface area contributed by atoms with Gasteiger partial charge in [-0.2, -0.15) is 13.2 Å². The molecule has 0 bridgehead atoms. The minimum Gasteiger partial charge on any atom is -0.333 e. The minimum atomic E-state index is -4.53. The summed E-state index contributed by atoms with van der Waals surface area (Å²) in [6, 6.07) is 4.56. The predicted octanol–water partition coefficient (Wildman–Crippen LogP) is 3.65. The highest BCUT2D eigenvalue weighted by molar-refractivity contribution is 6.35. The van der Waals surface area contributed by atoms with Crippen LogP contribution in [0, 0.1) is 0 Å². The van der Waals surface area contributed by atoms with Crippen LogP contribution >= 0.6 is 11.6 Å². The minimum absolute atomic E-state index is 0.0248. The summed E-state index contributed by atoms with van der Waals surface area (Å²) in [6.45, 7) is 1.77. The van der Waals surface area contributed by atoms with Gasteiger partial charge in [-0.15, -0.1) is 0 Å². The maximum Gasteiger partial charge on any atom is 0.449 e. The number of hydrogen-bond donors (Lipinski definition) is 1. The highest BCUT2D eigenvalue weighted by Crippen LogP contribution is 2.34. The van der Waals surface area contributed by atoms with Crippen molar-refractivity contribution in [2.24, 2.45) is 0 Å². The smallest absolute Gasteiger partial charge is 0.333 e. The molecule has 4 rings (SSSR count). The molecule has 0 saturated carbocycles. The lowest BCUT2D eigenvalue weighted by Crippen LogP contribution is -2.41. The largest absolute Gasteiger partial charge is 0.449 e. The fourth-order valence-electron chi connectivity index (χ4n) is 3.28. The molecule has 0 fully saturated rings. The number of amides is 1. The van der Waals surface area contributed by atoms with Gasteiger partial charge in [-0.1, -0.05) is 17.7 Å². The molecule has 1 amide bonds. The normalized spacial score (nSPS) is 17.6. The molecule has 26 heavy (non-hydrogen) atoms. The molecule has 1 aliphatic heterocycles. The number of aromatic amines is 1. The molecule has 3 heterocycles. The number of alkyl halides is 3. The van der Waals surface area contributed by atoms with Gasteiger partial charge in [0.1, 0.15) is 0 Å². The number of carbonyl (C=O) groups is 1. The van der Waals surface area contributed by atoms with Gasteiger partial charge >= 0.3 is 6.18 Å². The number of aromatic nitrogens is 4. The fraction of sp³-hybridized carbons (Fsp3) is 0.312. The molecule has 10 heteroatoms. The zero-order valence-electron chi connectivity index (χ0n) is 13.5. The van der Waals surface area contributed by atoms with Crippen molar-refractivity contribution in [1.29, 1.82) is 0 Å². The second-order valence-electron chi connectivity index (χ2n) is 6.19. The SMILES string of the molecule is CC1CN(C(=O)c2nc3cccc(Cl)c3[nH]2)Cc2cnc(C(F)(F)F)n21. The van der Waals surface area contributed by atoms with Crippen LogP contribution in [0.1, 0.15) is 35.1 Å². The van der Waals surface area contributed by atoms with Gasteiger partial charge in [0, 0.05) is 6.54 Å². The Labute approximate surface area is 150 Å². The van der Waals surface area contributed by atoms with Gasteiger partial charge in [0.15, 0.2) is 5.82 Å². The maximum absolute atomic E-state index is 13.1. The van der Waals surface area contributed by atoms with Crippen molar-refractivity contribution in [3.8, 4) is 0 Å². The van der Waals surface area contributed by atoms with E-state index in [4.69, 9.17) is 11.6 Å². The van der Waals surface area contributed by atoms with Crippen molar-refractivity contribution in [2.75, 3.05) is 6.54 Å². The number of halogens is 4. The summed E-state index contributed by atoms with van der Waals surface area (Å²) < 4.78 is 40.3. The molecule has 1 atom stereocenters. The van der Waals surface area contributed by atoms with Crippen LogP contribution in [0.2, 0.25) is 5.02 Å². The lowest BCUT2D eigenvalue weighted by molar-refractivity contribution is -0.148. The first kappa shape index (κ1) is 16.9. The van der Waals surface area contributed by atoms with E-state index >= 15 is 0 Å². The summed E-state index contributed by atoms with van der Waals surface area (Å²) in [6.07, 6.45) is -3.37. The Morgan fingerprint density at radius 3 is 2.85 bits per heavy atom. The van der Waals surface area contributed by atoms with Crippen molar-refractivity contribution in [2.45, 2.75) is 25.7 Å². The van der Waals surface area contributed by atoms with Crippen molar-refractivity contribution >= 4 is 28.5 Å². The number of H-pyrrole nitrogens is 1. The number of imidazole rings is 2. The van der Waals surface area contributed by atoms with Gasteiger partial charge in [0.05, 0.1) is 40.5 Å². The zero-order chi connectivity index (χ0) is 18.6. The van der Waals surface area contributed by atoms with Crippen LogP contribution in [0.5, 0.6) is 0 Å². The lowest BCUT2D eigenvalue weighted by Gasteiger charge is -2.33. The Bertz CT molecular complexity index is 1010. The van der Waals surface area contributed by atoms with E-state index < -0.39 is 23.9 Å². The molecule has 6 nitrogen and oxygen atoms in total. The molecule has 136 valence electrons. The van der Waals surface area contributed by atoms with E-state index in [1.165, 1.54) is 4.90 Å².